The van der Waals surface area contributed by atoms with Gasteiger partial charge in [0.25, 0.3) is 5.91 Å². The SMILES string of the molecule is CCC(C)(C)NC(=O)COC(=O)c1cccc(OC)c1N. The first-order valence-corrected chi connectivity index (χ1v) is 6.71. The van der Waals surface area contributed by atoms with Crippen molar-refractivity contribution in [2.24, 2.45) is 0 Å². The molecule has 0 saturated heterocycles. The summed E-state index contributed by atoms with van der Waals surface area (Å²) in [5.41, 5.74) is 5.83. The molecule has 0 aromatic heterocycles. The Morgan fingerprint density at radius 3 is 2.57 bits per heavy atom. The number of carbonyl (C=O) groups excluding carboxylic acids is 2. The summed E-state index contributed by atoms with van der Waals surface area (Å²) in [5, 5.41) is 2.78. The lowest BCUT2D eigenvalue weighted by Crippen LogP contribution is -2.44. The largest absolute Gasteiger partial charge is 0.495 e. The summed E-state index contributed by atoms with van der Waals surface area (Å²) in [7, 11) is 1.46. The van der Waals surface area contributed by atoms with Crippen molar-refractivity contribution in [2.75, 3.05) is 19.5 Å². The molecule has 0 aliphatic carbocycles. The van der Waals surface area contributed by atoms with Crippen molar-refractivity contribution in [1.29, 1.82) is 0 Å². The number of para-hydroxylation sites is 1. The van der Waals surface area contributed by atoms with Gasteiger partial charge in [0.15, 0.2) is 6.61 Å². The van der Waals surface area contributed by atoms with Crippen molar-refractivity contribution in [3.05, 3.63) is 23.8 Å². The molecular weight excluding hydrogens is 272 g/mol. The van der Waals surface area contributed by atoms with Crippen LogP contribution in [-0.4, -0.2) is 31.1 Å². The molecule has 116 valence electrons. The van der Waals surface area contributed by atoms with Crippen LogP contribution in [-0.2, 0) is 9.53 Å². The fraction of sp³-hybridized carbons (Fsp3) is 0.467. The van der Waals surface area contributed by atoms with Crippen molar-refractivity contribution in [2.45, 2.75) is 32.7 Å². The molecule has 1 aromatic carbocycles. The number of hydrogen-bond acceptors (Lipinski definition) is 5. The van der Waals surface area contributed by atoms with Crippen molar-refractivity contribution < 1.29 is 19.1 Å². The summed E-state index contributed by atoms with van der Waals surface area (Å²) >= 11 is 0. The number of methoxy groups -OCH3 is 1. The molecule has 0 fully saturated rings. The van der Waals surface area contributed by atoms with Gasteiger partial charge >= 0.3 is 5.97 Å². The van der Waals surface area contributed by atoms with Gasteiger partial charge in [0, 0.05) is 5.54 Å². The Labute approximate surface area is 124 Å². The Morgan fingerprint density at radius 1 is 1.33 bits per heavy atom. The van der Waals surface area contributed by atoms with Gasteiger partial charge in [-0.3, -0.25) is 4.79 Å². The number of nitrogen functional groups attached to an aromatic ring is 1. The molecule has 1 rings (SSSR count). The number of esters is 1. The average molecular weight is 294 g/mol. The molecule has 3 N–H and O–H groups in total. The second-order valence-corrected chi connectivity index (χ2v) is 5.28. The van der Waals surface area contributed by atoms with Gasteiger partial charge in [0.1, 0.15) is 5.75 Å². The predicted octanol–water partition coefficient (Wildman–Crippen LogP) is 1.74. The molecule has 0 bridgehead atoms. The molecule has 6 heteroatoms. The van der Waals surface area contributed by atoms with Crippen LogP contribution in [0.15, 0.2) is 18.2 Å². The molecule has 0 radical (unpaired) electrons. The number of benzene rings is 1. The minimum absolute atomic E-state index is 0.178. The number of hydrogen-bond donors (Lipinski definition) is 2. The fourth-order valence-corrected chi connectivity index (χ4v) is 1.61. The van der Waals surface area contributed by atoms with Crippen molar-refractivity contribution in [1.82, 2.24) is 5.32 Å². The number of rotatable bonds is 6. The minimum atomic E-state index is -0.657. The van der Waals surface area contributed by atoms with Gasteiger partial charge in [0.2, 0.25) is 0 Å². The van der Waals surface area contributed by atoms with Gasteiger partial charge < -0.3 is 20.5 Å². The van der Waals surface area contributed by atoms with Gasteiger partial charge in [-0.25, -0.2) is 4.79 Å². The molecule has 6 nitrogen and oxygen atoms in total. The van der Waals surface area contributed by atoms with E-state index in [1.165, 1.54) is 13.2 Å². The zero-order valence-corrected chi connectivity index (χ0v) is 12.9. The molecule has 0 aliphatic rings. The highest BCUT2D eigenvalue weighted by atomic mass is 16.5. The number of amides is 1. The number of nitrogens with one attached hydrogen (secondary N) is 1. The summed E-state index contributed by atoms with van der Waals surface area (Å²) < 4.78 is 10.0. The molecule has 21 heavy (non-hydrogen) atoms. The third-order valence-corrected chi connectivity index (χ3v) is 3.20. The van der Waals surface area contributed by atoms with E-state index in [1.54, 1.807) is 12.1 Å². The Bertz CT molecular complexity index is 526. The number of anilines is 1. The highest BCUT2D eigenvalue weighted by Crippen LogP contribution is 2.25. The summed E-state index contributed by atoms with van der Waals surface area (Å²) in [6, 6.07) is 4.79. The normalized spacial score (nSPS) is 10.9. The van der Waals surface area contributed by atoms with E-state index in [-0.39, 0.29) is 29.3 Å². The lowest BCUT2D eigenvalue weighted by molar-refractivity contribution is -0.125. The highest BCUT2D eigenvalue weighted by molar-refractivity contribution is 5.97. The third-order valence-electron chi connectivity index (χ3n) is 3.20. The summed E-state index contributed by atoms with van der Waals surface area (Å²) in [5.74, 6) is -0.617. The Kier molecular flexibility index (Phi) is 5.58. The van der Waals surface area contributed by atoms with E-state index in [9.17, 15) is 9.59 Å². The van der Waals surface area contributed by atoms with E-state index in [1.807, 2.05) is 20.8 Å². The highest BCUT2D eigenvalue weighted by Gasteiger charge is 2.20. The maximum Gasteiger partial charge on any atom is 0.340 e. The van der Waals surface area contributed by atoms with Gasteiger partial charge in [-0.05, 0) is 32.4 Å². The first-order chi connectivity index (χ1) is 9.80. The van der Waals surface area contributed by atoms with Gasteiger partial charge in [-0.15, -0.1) is 0 Å². The van der Waals surface area contributed by atoms with E-state index in [4.69, 9.17) is 15.2 Å². The molecule has 1 amide bonds. The molecule has 0 saturated carbocycles. The van der Waals surface area contributed by atoms with E-state index in [0.717, 1.165) is 6.42 Å². The molecule has 0 aliphatic heterocycles. The van der Waals surface area contributed by atoms with Crippen LogP contribution in [0, 0.1) is 0 Å². The second kappa shape index (κ2) is 6.97. The Morgan fingerprint density at radius 2 is 2.00 bits per heavy atom. The first-order valence-electron chi connectivity index (χ1n) is 6.71. The second-order valence-electron chi connectivity index (χ2n) is 5.28. The molecule has 0 spiro atoms. The quantitative estimate of drug-likeness (QED) is 0.616. The predicted molar refractivity (Wildman–Crippen MR) is 80.2 cm³/mol. The molecule has 1 aromatic rings. The van der Waals surface area contributed by atoms with E-state index in [2.05, 4.69) is 5.32 Å². The smallest absolute Gasteiger partial charge is 0.340 e. The van der Waals surface area contributed by atoms with Crippen LogP contribution in [0.3, 0.4) is 0 Å². The van der Waals surface area contributed by atoms with Crippen LogP contribution in [0.5, 0.6) is 5.75 Å². The van der Waals surface area contributed by atoms with Crippen molar-refractivity contribution >= 4 is 17.6 Å². The monoisotopic (exact) mass is 294 g/mol. The molecule has 0 heterocycles. The van der Waals surface area contributed by atoms with Gasteiger partial charge in [0.05, 0.1) is 18.4 Å². The minimum Gasteiger partial charge on any atom is -0.495 e. The van der Waals surface area contributed by atoms with E-state index in [0.29, 0.717) is 5.75 Å². The maximum absolute atomic E-state index is 11.9. The fourth-order valence-electron chi connectivity index (χ4n) is 1.61. The van der Waals surface area contributed by atoms with Crippen LogP contribution >= 0.6 is 0 Å². The Hall–Kier alpha value is -2.24. The number of nitrogens with two attached hydrogens (primary N) is 1. The third kappa shape index (κ3) is 4.66. The molecule has 0 unspecified atom stereocenters. The van der Waals surface area contributed by atoms with Crippen molar-refractivity contribution in [3.63, 3.8) is 0 Å². The van der Waals surface area contributed by atoms with Crippen LogP contribution in [0.2, 0.25) is 0 Å². The van der Waals surface area contributed by atoms with Crippen LogP contribution < -0.4 is 15.8 Å². The topological polar surface area (TPSA) is 90.6 Å². The number of carbonyl (C=O) groups is 2. The van der Waals surface area contributed by atoms with Crippen LogP contribution in [0.4, 0.5) is 5.69 Å². The zero-order valence-electron chi connectivity index (χ0n) is 12.9. The lowest BCUT2D eigenvalue weighted by Gasteiger charge is -2.24. The zero-order chi connectivity index (χ0) is 16.0. The van der Waals surface area contributed by atoms with E-state index < -0.39 is 5.97 Å². The summed E-state index contributed by atoms with van der Waals surface area (Å²) in [6.45, 7) is 5.40. The first kappa shape index (κ1) is 16.8. The van der Waals surface area contributed by atoms with Gasteiger partial charge in [-0.2, -0.15) is 0 Å². The van der Waals surface area contributed by atoms with E-state index >= 15 is 0 Å². The average Bonchev–Trinajstić information content (AvgIpc) is 2.44. The maximum atomic E-state index is 11.9. The standard InChI is InChI=1S/C15H22N2O4/c1-5-15(2,3)17-12(18)9-21-14(19)10-7-6-8-11(20-4)13(10)16/h6-8H,5,9,16H2,1-4H3,(H,17,18). The van der Waals surface area contributed by atoms with Crippen LogP contribution in [0.25, 0.3) is 0 Å². The Balaban J connectivity index is 2.65. The number of ether oxygens (including phenoxy) is 2. The lowest BCUT2D eigenvalue weighted by atomic mass is 10.0. The van der Waals surface area contributed by atoms with Crippen LogP contribution in [0.1, 0.15) is 37.6 Å². The molecular formula is C15H22N2O4. The van der Waals surface area contributed by atoms with Gasteiger partial charge in [-0.1, -0.05) is 13.0 Å². The summed E-state index contributed by atoms with van der Waals surface area (Å²) in [6.07, 6.45) is 0.773. The summed E-state index contributed by atoms with van der Waals surface area (Å²) in [4.78, 5) is 23.7. The van der Waals surface area contributed by atoms with Crippen molar-refractivity contribution in [3.8, 4) is 5.75 Å². The molecule has 0 atom stereocenters.